The molecule has 6 heteroatoms. The minimum Gasteiger partial charge on any atom is -0.326 e. The molecule has 0 unspecified atom stereocenters. The Morgan fingerprint density at radius 3 is 2.74 bits per heavy atom. The topological polar surface area (TPSA) is 64.0 Å². The summed E-state index contributed by atoms with van der Waals surface area (Å²) in [7, 11) is 1.71. The Balaban J connectivity index is 1.67. The fourth-order valence-corrected chi connectivity index (χ4v) is 3.88. The lowest BCUT2D eigenvalue weighted by atomic mass is 10.1. The third-order valence-corrected chi connectivity index (χ3v) is 5.54. The Labute approximate surface area is 162 Å². The predicted octanol–water partition coefficient (Wildman–Crippen LogP) is 3.93. The SMILES string of the molecule is CCc1cccc(C)c1NC(=O)CCSc1nc2ccccc2c(=O)n1C. The molecule has 2 aromatic carbocycles. The predicted molar refractivity (Wildman–Crippen MR) is 112 cm³/mol. The minimum atomic E-state index is -0.0694. The van der Waals surface area contributed by atoms with Gasteiger partial charge in [-0.15, -0.1) is 0 Å². The Bertz CT molecular complexity index is 1040. The zero-order valence-electron chi connectivity index (χ0n) is 15.8. The van der Waals surface area contributed by atoms with Gasteiger partial charge in [-0.2, -0.15) is 0 Å². The van der Waals surface area contributed by atoms with Crippen LogP contribution in [0.5, 0.6) is 0 Å². The number of fused-ring (bicyclic) bond motifs is 1. The number of carbonyl (C=O) groups excluding carboxylic acids is 1. The van der Waals surface area contributed by atoms with Gasteiger partial charge in [0.15, 0.2) is 5.16 Å². The molecule has 0 aliphatic carbocycles. The van der Waals surface area contributed by atoms with Crippen LogP contribution in [0.1, 0.15) is 24.5 Å². The molecule has 0 fully saturated rings. The highest BCUT2D eigenvalue weighted by atomic mass is 32.2. The van der Waals surface area contributed by atoms with Crippen molar-refractivity contribution in [3.8, 4) is 0 Å². The van der Waals surface area contributed by atoms with Gasteiger partial charge in [0.1, 0.15) is 0 Å². The zero-order valence-corrected chi connectivity index (χ0v) is 16.6. The van der Waals surface area contributed by atoms with Gasteiger partial charge in [0.2, 0.25) is 5.91 Å². The lowest BCUT2D eigenvalue weighted by Gasteiger charge is -2.13. The van der Waals surface area contributed by atoms with Crippen molar-refractivity contribution in [2.24, 2.45) is 7.05 Å². The largest absolute Gasteiger partial charge is 0.326 e. The summed E-state index contributed by atoms with van der Waals surface area (Å²) < 4.78 is 1.54. The van der Waals surface area contributed by atoms with Crippen molar-refractivity contribution in [2.75, 3.05) is 11.1 Å². The number of carbonyl (C=O) groups is 1. The van der Waals surface area contributed by atoms with Crippen molar-refractivity contribution in [3.05, 3.63) is 63.9 Å². The molecule has 0 spiro atoms. The van der Waals surface area contributed by atoms with Gasteiger partial charge in [-0.05, 0) is 36.6 Å². The first-order valence-electron chi connectivity index (χ1n) is 8.98. The lowest BCUT2D eigenvalue weighted by Crippen LogP contribution is -2.20. The molecule has 0 aliphatic heterocycles. The quantitative estimate of drug-likeness (QED) is 0.519. The number of amides is 1. The summed E-state index contributed by atoms with van der Waals surface area (Å²) >= 11 is 1.42. The third kappa shape index (κ3) is 4.22. The molecule has 1 aromatic heterocycles. The molecule has 0 saturated carbocycles. The van der Waals surface area contributed by atoms with Crippen LogP contribution >= 0.6 is 11.8 Å². The number of aromatic nitrogens is 2. The first-order valence-corrected chi connectivity index (χ1v) is 9.96. The maximum atomic E-state index is 12.4. The molecular weight excluding hydrogens is 358 g/mol. The van der Waals surface area contributed by atoms with E-state index in [1.165, 1.54) is 11.8 Å². The van der Waals surface area contributed by atoms with Crippen molar-refractivity contribution in [1.82, 2.24) is 9.55 Å². The van der Waals surface area contributed by atoms with E-state index in [0.29, 0.717) is 28.2 Å². The van der Waals surface area contributed by atoms with Crippen molar-refractivity contribution in [3.63, 3.8) is 0 Å². The Morgan fingerprint density at radius 2 is 1.96 bits per heavy atom. The van der Waals surface area contributed by atoms with Crippen molar-refractivity contribution in [2.45, 2.75) is 31.8 Å². The van der Waals surface area contributed by atoms with Crippen LogP contribution in [0, 0.1) is 6.92 Å². The third-order valence-electron chi connectivity index (χ3n) is 4.51. The average Bonchev–Trinajstić information content (AvgIpc) is 2.67. The van der Waals surface area contributed by atoms with Crippen molar-refractivity contribution >= 4 is 34.3 Å². The number of hydrogen-bond donors (Lipinski definition) is 1. The highest BCUT2D eigenvalue weighted by molar-refractivity contribution is 7.99. The molecule has 0 aliphatic rings. The highest BCUT2D eigenvalue weighted by Gasteiger charge is 2.11. The van der Waals surface area contributed by atoms with Crippen molar-refractivity contribution < 1.29 is 4.79 Å². The maximum Gasteiger partial charge on any atom is 0.261 e. The highest BCUT2D eigenvalue weighted by Crippen LogP contribution is 2.22. The van der Waals surface area contributed by atoms with Crippen LogP contribution in [0.3, 0.4) is 0 Å². The normalized spacial score (nSPS) is 10.9. The fourth-order valence-electron chi connectivity index (χ4n) is 2.97. The van der Waals surface area contributed by atoms with E-state index in [2.05, 4.69) is 17.2 Å². The standard InChI is InChI=1S/C21H23N3O2S/c1-4-15-9-7-8-14(2)19(15)23-18(25)12-13-27-21-22-17-11-6-5-10-16(17)20(26)24(21)3/h5-11H,4,12-13H2,1-3H3,(H,23,25). The minimum absolute atomic E-state index is 0.0303. The molecular formula is C21H23N3O2S. The van der Waals surface area contributed by atoms with Crippen LogP contribution in [0.25, 0.3) is 10.9 Å². The van der Waals surface area contributed by atoms with Gasteiger partial charge >= 0.3 is 0 Å². The van der Waals surface area contributed by atoms with Crippen LogP contribution < -0.4 is 10.9 Å². The van der Waals surface area contributed by atoms with Crippen LogP contribution in [-0.4, -0.2) is 21.2 Å². The molecule has 0 saturated heterocycles. The molecule has 27 heavy (non-hydrogen) atoms. The fraction of sp³-hybridized carbons (Fsp3) is 0.286. The number of aryl methyl sites for hydroxylation is 2. The summed E-state index contributed by atoms with van der Waals surface area (Å²) in [5.74, 6) is 0.523. The van der Waals surface area contributed by atoms with Gasteiger partial charge in [-0.25, -0.2) is 4.98 Å². The molecule has 0 atom stereocenters. The Morgan fingerprint density at radius 1 is 1.19 bits per heavy atom. The molecule has 5 nitrogen and oxygen atoms in total. The van der Waals surface area contributed by atoms with Crippen LogP contribution in [-0.2, 0) is 18.3 Å². The Hall–Kier alpha value is -2.60. The molecule has 1 heterocycles. The molecule has 3 aromatic rings. The van der Waals surface area contributed by atoms with Gasteiger partial charge in [-0.1, -0.05) is 49.0 Å². The van der Waals surface area contributed by atoms with Gasteiger partial charge < -0.3 is 5.32 Å². The Kier molecular flexibility index (Phi) is 5.96. The number of hydrogen-bond acceptors (Lipinski definition) is 4. The maximum absolute atomic E-state index is 12.4. The van der Waals surface area contributed by atoms with E-state index >= 15 is 0 Å². The molecule has 140 valence electrons. The van der Waals surface area contributed by atoms with E-state index in [4.69, 9.17) is 0 Å². The number of nitrogens with one attached hydrogen (secondary N) is 1. The number of anilines is 1. The number of nitrogens with zero attached hydrogens (tertiary/aromatic N) is 2. The summed E-state index contributed by atoms with van der Waals surface area (Å²) in [4.78, 5) is 29.4. The number of thioether (sulfide) groups is 1. The summed E-state index contributed by atoms with van der Waals surface area (Å²) in [5, 5.41) is 4.26. The summed E-state index contributed by atoms with van der Waals surface area (Å²) in [6.45, 7) is 4.07. The van der Waals surface area contributed by atoms with Crippen LogP contribution in [0.4, 0.5) is 5.69 Å². The molecule has 3 rings (SSSR count). The molecule has 0 bridgehead atoms. The van der Waals surface area contributed by atoms with Gasteiger partial charge in [0, 0.05) is 24.9 Å². The van der Waals surface area contributed by atoms with E-state index in [1.54, 1.807) is 17.7 Å². The average molecular weight is 382 g/mol. The van der Waals surface area contributed by atoms with E-state index in [0.717, 1.165) is 23.2 Å². The van der Waals surface area contributed by atoms with Gasteiger partial charge in [-0.3, -0.25) is 14.2 Å². The first kappa shape index (κ1) is 19.2. The molecule has 0 radical (unpaired) electrons. The van der Waals surface area contributed by atoms with E-state index in [-0.39, 0.29) is 11.5 Å². The van der Waals surface area contributed by atoms with Gasteiger partial charge in [0.25, 0.3) is 5.56 Å². The molecule has 1 amide bonds. The smallest absolute Gasteiger partial charge is 0.261 e. The summed E-state index contributed by atoms with van der Waals surface area (Å²) in [6.07, 6.45) is 1.22. The van der Waals surface area contributed by atoms with Gasteiger partial charge in [0.05, 0.1) is 10.9 Å². The van der Waals surface area contributed by atoms with E-state index in [9.17, 15) is 9.59 Å². The van der Waals surface area contributed by atoms with Crippen LogP contribution in [0.2, 0.25) is 0 Å². The van der Waals surface area contributed by atoms with Crippen molar-refractivity contribution in [1.29, 1.82) is 0 Å². The number of para-hydroxylation sites is 2. The first-order chi connectivity index (χ1) is 13.0. The number of benzene rings is 2. The number of rotatable bonds is 6. The second-order valence-electron chi connectivity index (χ2n) is 6.38. The second-order valence-corrected chi connectivity index (χ2v) is 7.45. The summed E-state index contributed by atoms with van der Waals surface area (Å²) in [6, 6.07) is 13.3. The second kappa shape index (κ2) is 8.39. The zero-order chi connectivity index (χ0) is 19.4. The van der Waals surface area contributed by atoms with E-state index < -0.39 is 0 Å². The molecule has 1 N–H and O–H groups in total. The van der Waals surface area contributed by atoms with Crippen LogP contribution in [0.15, 0.2) is 52.4 Å². The lowest BCUT2D eigenvalue weighted by molar-refractivity contribution is -0.115. The van der Waals surface area contributed by atoms with E-state index in [1.807, 2.05) is 43.3 Å². The summed E-state index contributed by atoms with van der Waals surface area (Å²) in [5.41, 5.74) is 3.72. The monoisotopic (exact) mass is 381 g/mol.